The van der Waals surface area contributed by atoms with Gasteiger partial charge in [-0.1, -0.05) is 6.92 Å². The van der Waals surface area contributed by atoms with Gasteiger partial charge in [-0.25, -0.2) is 0 Å². The first-order valence-electron chi connectivity index (χ1n) is 5.14. The van der Waals surface area contributed by atoms with Crippen LogP contribution in [0.15, 0.2) is 0 Å². The zero-order valence-corrected chi connectivity index (χ0v) is 7.96. The number of likely N-dealkylation sites (tertiary alicyclic amines) is 1. The van der Waals surface area contributed by atoms with Crippen LogP contribution < -0.4 is 0 Å². The molecule has 2 atom stereocenters. The molecule has 0 aliphatic carbocycles. The molecule has 0 radical (unpaired) electrons. The van der Waals surface area contributed by atoms with Gasteiger partial charge in [0.1, 0.15) is 0 Å². The SMILES string of the molecule is C[C@H]1CCN(CC2CCOC2)C1. The van der Waals surface area contributed by atoms with Crippen LogP contribution in [-0.2, 0) is 4.74 Å². The number of ether oxygens (including phenoxy) is 1. The van der Waals surface area contributed by atoms with E-state index in [1.807, 2.05) is 0 Å². The van der Waals surface area contributed by atoms with Gasteiger partial charge in [0.15, 0.2) is 0 Å². The Kier molecular flexibility index (Phi) is 2.66. The Hall–Kier alpha value is -0.0800. The fourth-order valence-corrected chi connectivity index (χ4v) is 2.28. The van der Waals surface area contributed by atoms with Crippen molar-refractivity contribution in [2.24, 2.45) is 11.8 Å². The van der Waals surface area contributed by atoms with Crippen molar-refractivity contribution < 1.29 is 4.74 Å². The quantitative estimate of drug-likeness (QED) is 0.619. The van der Waals surface area contributed by atoms with Crippen LogP contribution in [0, 0.1) is 11.8 Å². The molecule has 0 aromatic rings. The van der Waals surface area contributed by atoms with Crippen molar-refractivity contribution >= 4 is 0 Å². The fraction of sp³-hybridized carbons (Fsp3) is 1.00. The van der Waals surface area contributed by atoms with Crippen LogP contribution >= 0.6 is 0 Å². The van der Waals surface area contributed by atoms with Gasteiger partial charge in [0.2, 0.25) is 0 Å². The molecule has 2 aliphatic heterocycles. The lowest BCUT2D eigenvalue weighted by Gasteiger charge is -2.18. The van der Waals surface area contributed by atoms with Gasteiger partial charge in [-0.2, -0.15) is 0 Å². The van der Waals surface area contributed by atoms with Crippen molar-refractivity contribution in [3.05, 3.63) is 0 Å². The molecule has 70 valence electrons. The van der Waals surface area contributed by atoms with Gasteiger partial charge in [-0.15, -0.1) is 0 Å². The minimum atomic E-state index is 0.829. The summed E-state index contributed by atoms with van der Waals surface area (Å²) in [6.45, 7) is 8.27. The minimum Gasteiger partial charge on any atom is -0.381 e. The van der Waals surface area contributed by atoms with Crippen molar-refractivity contribution in [1.82, 2.24) is 4.90 Å². The van der Waals surface area contributed by atoms with Crippen LogP contribution in [0.25, 0.3) is 0 Å². The molecule has 2 heteroatoms. The Bertz CT molecular complexity index is 143. The molecule has 1 unspecified atom stereocenters. The third-order valence-electron chi connectivity index (χ3n) is 3.05. The van der Waals surface area contributed by atoms with Crippen LogP contribution in [0.1, 0.15) is 19.8 Å². The van der Waals surface area contributed by atoms with Gasteiger partial charge in [0.25, 0.3) is 0 Å². The summed E-state index contributed by atoms with van der Waals surface area (Å²) in [5, 5.41) is 0. The molecular formula is C10H19NO. The Morgan fingerprint density at radius 1 is 1.42 bits per heavy atom. The van der Waals surface area contributed by atoms with Gasteiger partial charge in [-0.3, -0.25) is 0 Å². The highest BCUT2D eigenvalue weighted by molar-refractivity contribution is 4.76. The highest BCUT2D eigenvalue weighted by atomic mass is 16.5. The largest absolute Gasteiger partial charge is 0.381 e. The van der Waals surface area contributed by atoms with Crippen LogP contribution in [-0.4, -0.2) is 37.7 Å². The molecule has 2 heterocycles. The van der Waals surface area contributed by atoms with Crippen molar-refractivity contribution in [1.29, 1.82) is 0 Å². The summed E-state index contributed by atoms with van der Waals surface area (Å²) in [4.78, 5) is 2.60. The average Bonchev–Trinajstić information content (AvgIpc) is 2.63. The first kappa shape index (κ1) is 8.52. The lowest BCUT2D eigenvalue weighted by Crippen LogP contribution is -2.27. The molecule has 0 amide bonds. The maximum absolute atomic E-state index is 5.37. The second kappa shape index (κ2) is 3.75. The summed E-state index contributed by atoms with van der Waals surface area (Å²) in [5.74, 6) is 1.75. The number of rotatable bonds is 2. The summed E-state index contributed by atoms with van der Waals surface area (Å²) in [7, 11) is 0. The van der Waals surface area contributed by atoms with Crippen LogP contribution in [0.3, 0.4) is 0 Å². The lowest BCUT2D eigenvalue weighted by molar-refractivity contribution is 0.173. The van der Waals surface area contributed by atoms with Crippen molar-refractivity contribution in [2.75, 3.05) is 32.8 Å². The van der Waals surface area contributed by atoms with Crippen molar-refractivity contribution in [2.45, 2.75) is 19.8 Å². The predicted octanol–water partition coefficient (Wildman–Crippen LogP) is 1.36. The zero-order chi connectivity index (χ0) is 8.39. The second-order valence-corrected chi connectivity index (χ2v) is 4.38. The normalized spacial score (nSPS) is 37.8. The van der Waals surface area contributed by atoms with E-state index in [0.717, 1.165) is 25.0 Å². The molecule has 12 heavy (non-hydrogen) atoms. The molecule has 0 N–H and O–H groups in total. The maximum Gasteiger partial charge on any atom is 0.0507 e. The van der Waals surface area contributed by atoms with E-state index in [4.69, 9.17) is 4.74 Å². The number of nitrogens with zero attached hydrogens (tertiary/aromatic N) is 1. The molecule has 0 spiro atoms. The summed E-state index contributed by atoms with van der Waals surface area (Å²) in [6.07, 6.45) is 2.68. The van der Waals surface area contributed by atoms with E-state index in [-0.39, 0.29) is 0 Å². The predicted molar refractivity (Wildman–Crippen MR) is 49.1 cm³/mol. The molecule has 0 bridgehead atoms. The minimum absolute atomic E-state index is 0.829. The summed E-state index contributed by atoms with van der Waals surface area (Å²) in [5.41, 5.74) is 0. The van der Waals surface area contributed by atoms with E-state index in [9.17, 15) is 0 Å². The molecule has 0 aromatic carbocycles. The molecule has 0 saturated carbocycles. The molecule has 2 rings (SSSR count). The Labute approximate surface area is 74.9 Å². The van der Waals surface area contributed by atoms with E-state index < -0.39 is 0 Å². The Morgan fingerprint density at radius 2 is 2.33 bits per heavy atom. The van der Waals surface area contributed by atoms with E-state index in [1.165, 1.54) is 32.5 Å². The van der Waals surface area contributed by atoms with Gasteiger partial charge in [0, 0.05) is 19.7 Å². The van der Waals surface area contributed by atoms with Crippen LogP contribution in [0.4, 0.5) is 0 Å². The molecular weight excluding hydrogens is 150 g/mol. The summed E-state index contributed by atoms with van der Waals surface area (Å²) in [6, 6.07) is 0. The monoisotopic (exact) mass is 169 g/mol. The van der Waals surface area contributed by atoms with Gasteiger partial charge in [0.05, 0.1) is 6.61 Å². The summed E-state index contributed by atoms with van der Waals surface area (Å²) >= 11 is 0. The average molecular weight is 169 g/mol. The van der Waals surface area contributed by atoms with Crippen LogP contribution in [0.2, 0.25) is 0 Å². The smallest absolute Gasteiger partial charge is 0.0507 e. The standard InChI is InChI=1S/C10H19NO/c1-9-2-4-11(6-9)7-10-3-5-12-8-10/h9-10H,2-8H2,1H3/t9-,10?/m0/s1. The van der Waals surface area contributed by atoms with E-state index in [2.05, 4.69) is 11.8 Å². The number of hydrogen-bond acceptors (Lipinski definition) is 2. The second-order valence-electron chi connectivity index (χ2n) is 4.38. The van der Waals surface area contributed by atoms with Gasteiger partial charge < -0.3 is 9.64 Å². The lowest BCUT2D eigenvalue weighted by atomic mass is 10.1. The fourth-order valence-electron chi connectivity index (χ4n) is 2.28. The zero-order valence-electron chi connectivity index (χ0n) is 7.96. The first-order chi connectivity index (χ1) is 5.84. The molecule has 2 saturated heterocycles. The Morgan fingerprint density at radius 3 is 2.92 bits per heavy atom. The first-order valence-corrected chi connectivity index (χ1v) is 5.14. The van der Waals surface area contributed by atoms with E-state index in [0.29, 0.717) is 0 Å². The summed E-state index contributed by atoms with van der Waals surface area (Å²) < 4.78 is 5.37. The van der Waals surface area contributed by atoms with Crippen LogP contribution in [0.5, 0.6) is 0 Å². The van der Waals surface area contributed by atoms with Crippen molar-refractivity contribution in [3.63, 3.8) is 0 Å². The third-order valence-corrected chi connectivity index (χ3v) is 3.05. The topological polar surface area (TPSA) is 12.5 Å². The van der Waals surface area contributed by atoms with E-state index in [1.54, 1.807) is 0 Å². The molecule has 2 nitrogen and oxygen atoms in total. The third kappa shape index (κ3) is 1.99. The van der Waals surface area contributed by atoms with Crippen molar-refractivity contribution in [3.8, 4) is 0 Å². The maximum atomic E-state index is 5.37. The van der Waals surface area contributed by atoms with Gasteiger partial charge in [-0.05, 0) is 31.2 Å². The highest BCUT2D eigenvalue weighted by Gasteiger charge is 2.23. The highest BCUT2D eigenvalue weighted by Crippen LogP contribution is 2.19. The number of hydrogen-bond donors (Lipinski definition) is 0. The molecule has 0 aromatic heterocycles. The molecule has 2 fully saturated rings. The molecule has 2 aliphatic rings. The van der Waals surface area contributed by atoms with Gasteiger partial charge >= 0.3 is 0 Å². The Balaban J connectivity index is 1.72. The van der Waals surface area contributed by atoms with E-state index >= 15 is 0 Å².